The molecule has 1 saturated heterocycles. The number of halogens is 1. The van der Waals surface area contributed by atoms with Crippen molar-refractivity contribution in [3.63, 3.8) is 0 Å². The molecule has 2 atom stereocenters. The van der Waals surface area contributed by atoms with Gasteiger partial charge < -0.3 is 10.6 Å². The first kappa shape index (κ1) is 16.4. The third-order valence-corrected chi connectivity index (χ3v) is 3.88. The maximum Gasteiger partial charge on any atom is 0.272 e. The number of nitrogens with zero attached hydrogens (tertiary/aromatic N) is 3. The predicted molar refractivity (Wildman–Crippen MR) is 80.0 cm³/mol. The highest BCUT2D eigenvalue weighted by Gasteiger charge is 2.34. The van der Waals surface area contributed by atoms with Gasteiger partial charge in [0, 0.05) is 32.4 Å². The second-order valence-corrected chi connectivity index (χ2v) is 5.74. The molecule has 0 radical (unpaired) electrons. The standard InChI is InChI=1S/C15H21FN4O2/c1-10-4-3-5-18-14(10)15(22)19(2)8-12-6-11(16)7-20(12)9-13(17)21/h3-5,11-12H,6-9H2,1-2H3,(H2,17,21)/t11-,12-/m0/s1. The van der Waals surface area contributed by atoms with E-state index in [1.165, 1.54) is 4.90 Å². The largest absolute Gasteiger partial charge is 0.369 e. The molecule has 120 valence electrons. The minimum absolute atomic E-state index is 0.00965. The van der Waals surface area contributed by atoms with Crippen LogP contribution >= 0.6 is 0 Å². The quantitative estimate of drug-likeness (QED) is 0.852. The van der Waals surface area contributed by atoms with Crippen LogP contribution in [0.5, 0.6) is 0 Å². The molecular weight excluding hydrogens is 287 g/mol. The lowest BCUT2D eigenvalue weighted by Crippen LogP contribution is -2.44. The third kappa shape index (κ3) is 3.79. The van der Waals surface area contributed by atoms with Gasteiger partial charge in [-0.2, -0.15) is 0 Å². The van der Waals surface area contributed by atoms with E-state index < -0.39 is 12.1 Å². The summed E-state index contributed by atoms with van der Waals surface area (Å²) in [6, 6.07) is 3.38. The van der Waals surface area contributed by atoms with E-state index in [1.54, 1.807) is 24.2 Å². The van der Waals surface area contributed by atoms with Gasteiger partial charge in [0.25, 0.3) is 5.91 Å². The number of likely N-dealkylation sites (tertiary alicyclic amines) is 1. The number of hydrogen-bond acceptors (Lipinski definition) is 4. The second kappa shape index (κ2) is 6.83. The number of nitrogens with two attached hydrogens (primary N) is 1. The van der Waals surface area contributed by atoms with E-state index in [2.05, 4.69) is 4.98 Å². The van der Waals surface area contributed by atoms with Gasteiger partial charge in [0.1, 0.15) is 11.9 Å². The van der Waals surface area contributed by atoms with Gasteiger partial charge in [-0.1, -0.05) is 6.07 Å². The van der Waals surface area contributed by atoms with Crippen molar-refractivity contribution in [1.82, 2.24) is 14.8 Å². The second-order valence-electron chi connectivity index (χ2n) is 5.74. The first-order valence-electron chi connectivity index (χ1n) is 7.22. The highest BCUT2D eigenvalue weighted by molar-refractivity contribution is 5.93. The van der Waals surface area contributed by atoms with Gasteiger partial charge in [-0.05, 0) is 25.0 Å². The molecule has 2 amide bonds. The van der Waals surface area contributed by atoms with E-state index in [9.17, 15) is 14.0 Å². The molecule has 7 heteroatoms. The van der Waals surface area contributed by atoms with Gasteiger partial charge in [0.05, 0.1) is 6.54 Å². The molecule has 1 aromatic rings. The maximum atomic E-state index is 13.6. The van der Waals surface area contributed by atoms with Crippen molar-refractivity contribution in [2.24, 2.45) is 5.73 Å². The van der Waals surface area contributed by atoms with E-state index in [1.807, 2.05) is 13.0 Å². The zero-order valence-corrected chi connectivity index (χ0v) is 12.8. The minimum atomic E-state index is -0.996. The average Bonchev–Trinajstić information content (AvgIpc) is 2.77. The Hall–Kier alpha value is -2.02. The number of aromatic nitrogens is 1. The molecule has 1 fully saturated rings. The number of amides is 2. The molecule has 2 N–H and O–H groups in total. The Kier molecular flexibility index (Phi) is 5.07. The van der Waals surface area contributed by atoms with E-state index in [0.717, 1.165) is 5.56 Å². The Balaban J connectivity index is 2.04. The number of primary amides is 1. The van der Waals surface area contributed by atoms with E-state index >= 15 is 0 Å². The molecule has 22 heavy (non-hydrogen) atoms. The van der Waals surface area contributed by atoms with Crippen LogP contribution in [0.4, 0.5) is 4.39 Å². The lowest BCUT2D eigenvalue weighted by atomic mass is 10.1. The van der Waals surface area contributed by atoms with E-state index in [4.69, 9.17) is 5.73 Å². The lowest BCUT2D eigenvalue weighted by molar-refractivity contribution is -0.119. The Morgan fingerprint density at radius 2 is 2.27 bits per heavy atom. The van der Waals surface area contributed by atoms with Gasteiger partial charge >= 0.3 is 0 Å². The van der Waals surface area contributed by atoms with Crippen LogP contribution in [0.1, 0.15) is 22.5 Å². The summed E-state index contributed by atoms with van der Waals surface area (Å²) in [5.41, 5.74) is 6.37. The van der Waals surface area contributed by atoms with Gasteiger partial charge in [0.2, 0.25) is 5.91 Å². The number of aryl methyl sites for hydroxylation is 1. The van der Waals surface area contributed by atoms with Crippen LogP contribution in [0.25, 0.3) is 0 Å². The molecule has 0 saturated carbocycles. The van der Waals surface area contributed by atoms with Crippen molar-refractivity contribution in [3.05, 3.63) is 29.6 Å². The number of pyridine rings is 1. The van der Waals surface area contributed by atoms with Crippen LogP contribution in [-0.4, -0.2) is 65.5 Å². The summed E-state index contributed by atoms with van der Waals surface area (Å²) in [5, 5.41) is 0. The monoisotopic (exact) mass is 308 g/mol. The minimum Gasteiger partial charge on any atom is -0.369 e. The number of rotatable bonds is 5. The summed E-state index contributed by atoms with van der Waals surface area (Å²) in [7, 11) is 1.66. The zero-order valence-electron chi connectivity index (χ0n) is 12.8. The highest BCUT2D eigenvalue weighted by atomic mass is 19.1. The molecule has 0 unspecified atom stereocenters. The number of alkyl halides is 1. The van der Waals surface area contributed by atoms with Crippen molar-refractivity contribution in [2.75, 3.05) is 26.7 Å². The van der Waals surface area contributed by atoms with E-state index in [-0.39, 0.29) is 25.0 Å². The number of carbonyl (C=O) groups excluding carboxylic acids is 2. The molecule has 0 aromatic carbocycles. The zero-order chi connectivity index (χ0) is 16.3. The summed E-state index contributed by atoms with van der Waals surface area (Å²) >= 11 is 0. The average molecular weight is 308 g/mol. The third-order valence-electron chi connectivity index (χ3n) is 3.88. The number of hydrogen-bond donors (Lipinski definition) is 1. The highest BCUT2D eigenvalue weighted by Crippen LogP contribution is 2.21. The number of carbonyl (C=O) groups is 2. The molecule has 6 nitrogen and oxygen atoms in total. The molecule has 0 aliphatic carbocycles. The van der Waals surface area contributed by atoms with Crippen LogP contribution in [0.3, 0.4) is 0 Å². The van der Waals surface area contributed by atoms with Crippen molar-refractivity contribution in [3.8, 4) is 0 Å². The topological polar surface area (TPSA) is 79.5 Å². The smallest absolute Gasteiger partial charge is 0.272 e. The first-order valence-corrected chi connectivity index (χ1v) is 7.22. The Morgan fingerprint density at radius 1 is 1.55 bits per heavy atom. The van der Waals surface area contributed by atoms with Crippen molar-refractivity contribution in [1.29, 1.82) is 0 Å². The van der Waals surface area contributed by atoms with Crippen molar-refractivity contribution >= 4 is 11.8 Å². The van der Waals surface area contributed by atoms with Crippen LogP contribution < -0.4 is 5.73 Å². The molecule has 0 spiro atoms. The summed E-state index contributed by atoms with van der Waals surface area (Å²) < 4.78 is 13.6. The van der Waals surface area contributed by atoms with Crippen molar-refractivity contribution < 1.29 is 14.0 Å². The van der Waals surface area contributed by atoms with Gasteiger partial charge in [-0.25, -0.2) is 4.39 Å². The Bertz CT molecular complexity index is 566. The molecule has 1 aliphatic rings. The van der Waals surface area contributed by atoms with Gasteiger partial charge in [0.15, 0.2) is 0 Å². The van der Waals surface area contributed by atoms with Crippen molar-refractivity contribution in [2.45, 2.75) is 25.6 Å². The van der Waals surface area contributed by atoms with Crippen LogP contribution in [0.15, 0.2) is 18.3 Å². The normalized spacial score (nSPS) is 21.8. The maximum absolute atomic E-state index is 13.6. The van der Waals surface area contributed by atoms with Crippen LogP contribution in [0.2, 0.25) is 0 Å². The summed E-state index contributed by atoms with van der Waals surface area (Å²) in [5.74, 6) is -0.701. The fraction of sp³-hybridized carbons (Fsp3) is 0.533. The van der Waals surface area contributed by atoms with Crippen LogP contribution in [0, 0.1) is 6.92 Å². The summed E-state index contributed by atoms with van der Waals surface area (Å²) in [6.07, 6.45) is 0.872. The summed E-state index contributed by atoms with van der Waals surface area (Å²) in [6.45, 7) is 2.34. The Labute approximate surface area is 129 Å². The summed E-state index contributed by atoms with van der Waals surface area (Å²) in [4.78, 5) is 30.8. The molecule has 0 bridgehead atoms. The Morgan fingerprint density at radius 3 is 2.91 bits per heavy atom. The molecule has 2 rings (SSSR count). The molecule has 2 heterocycles. The predicted octanol–water partition coefficient (Wildman–Crippen LogP) is 0.360. The van der Waals surface area contributed by atoms with Crippen LogP contribution in [-0.2, 0) is 4.79 Å². The first-order chi connectivity index (χ1) is 10.4. The van der Waals surface area contributed by atoms with E-state index in [0.29, 0.717) is 18.7 Å². The lowest BCUT2D eigenvalue weighted by Gasteiger charge is -2.27. The fourth-order valence-corrected chi connectivity index (χ4v) is 2.80. The SMILES string of the molecule is Cc1cccnc1C(=O)N(C)C[C@@H]1C[C@H](F)CN1CC(N)=O. The molecular formula is C15H21FN4O2. The molecule has 1 aliphatic heterocycles. The fourth-order valence-electron chi connectivity index (χ4n) is 2.80. The van der Waals surface area contributed by atoms with Gasteiger partial charge in [-0.3, -0.25) is 19.5 Å². The number of likely N-dealkylation sites (N-methyl/N-ethyl adjacent to an activating group) is 1. The van der Waals surface area contributed by atoms with Gasteiger partial charge in [-0.15, -0.1) is 0 Å². The molecule has 1 aromatic heterocycles.